The van der Waals surface area contributed by atoms with Gasteiger partial charge in [0.15, 0.2) is 0 Å². The van der Waals surface area contributed by atoms with Gasteiger partial charge >= 0.3 is 11.9 Å². The summed E-state index contributed by atoms with van der Waals surface area (Å²) in [5, 5.41) is 18.9. The Kier molecular flexibility index (Phi) is 6.72. The van der Waals surface area contributed by atoms with Crippen molar-refractivity contribution in [2.45, 2.75) is 24.8 Å². The highest BCUT2D eigenvalue weighted by Crippen LogP contribution is 2.29. The fraction of sp³-hybridized carbons (Fsp3) is 0.154. The van der Waals surface area contributed by atoms with Gasteiger partial charge in [-0.1, -0.05) is 42.5 Å². The van der Waals surface area contributed by atoms with Crippen LogP contribution in [0.1, 0.15) is 37.6 Å². The minimum Gasteiger partial charge on any atom is -0.478 e. The van der Waals surface area contributed by atoms with Gasteiger partial charge in [-0.25, -0.2) is 18.0 Å². The largest absolute Gasteiger partial charge is 0.478 e. The molecule has 0 amide bonds. The van der Waals surface area contributed by atoms with Crippen molar-refractivity contribution < 1.29 is 32.6 Å². The summed E-state index contributed by atoms with van der Waals surface area (Å²) >= 11 is 0. The van der Waals surface area contributed by atoms with Gasteiger partial charge in [-0.2, -0.15) is 4.31 Å². The lowest BCUT2D eigenvalue weighted by Crippen LogP contribution is -2.32. The van der Waals surface area contributed by atoms with Crippen LogP contribution in [0.5, 0.6) is 0 Å². The molecule has 0 aliphatic carbocycles. The van der Waals surface area contributed by atoms with Crippen LogP contribution in [0.3, 0.4) is 0 Å². The zero-order valence-electron chi connectivity index (χ0n) is 18.8. The summed E-state index contributed by atoms with van der Waals surface area (Å²) in [5.74, 6) is -2.51. The molecule has 4 rings (SSSR count). The van der Waals surface area contributed by atoms with Crippen molar-refractivity contribution in [2.75, 3.05) is 6.54 Å². The maximum atomic E-state index is 13.7. The summed E-state index contributed by atoms with van der Waals surface area (Å²) < 4.78 is 34.1. The zero-order chi connectivity index (χ0) is 25.2. The number of carboxylic acid groups (broad SMARTS) is 2. The second-order valence-corrected chi connectivity index (χ2v) is 10.0. The third-order valence-electron chi connectivity index (χ3n) is 5.79. The van der Waals surface area contributed by atoms with Crippen LogP contribution in [-0.2, 0) is 23.0 Å². The molecule has 0 aliphatic rings. The molecule has 0 atom stereocenters. The molecule has 3 aromatic carbocycles. The SMILES string of the molecule is Cc1c(C(=O)O)oc2ccc(S(=O)(=O)N(CCc3ccccc3)Cc3ccc(C(=O)O)cc3)cc12. The molecule has 8 nitrogen and oxygen atoms in total. The zero-order valence-corrected chi connectivity index (χ0v) is 19.7. The molecule has 2 N–H and O–H groups in total. The molecular formula is C26H23NO7S. The first-order valence-electron chi connectivity index (χ1n) is 10.8. The number of aryl methyl sites for hydroxylation is 1. The van der Waals surface area contributed by atoms with Crippen molar-refractivity contribution in [1.29, 1.82) is 0 Å². The number of benzene rings is 3. The number of carboxylic acids is 2. The Labute approximate surface area is 202 Å². The summed E-state index contributed by atoms with van der Waals surface area (Å²) in [6.07, 6.45) is 0.476. The number of rotatable bonds is 9. The van der Waals surface area contributed by atoms with E-state index in [2.05, 4.69) is 0 Å². The van der Waals surface area contributed by atoms with Gasteiger partial charge in [-0.15, -0.1) is 0 Å². The van der Waals surface area contributed by atoms with Gasteiger partial charge in [-0.05, 0) is 54.8 Å². The topological polar surface area (TPSA) is 125 Å². The summed E-state index contributed by atoms with van der Waals surface area (Å²) in [6, 6.07) is 19.8. The predicted octanol–water partition coefficient (Wildman–Crippen LogP) is 4.57. The maximum Gasteiger partial charge on any atom is 0.372 e. The van der Waals surface area contributed by atoms with Crippen molar-refractivity contribution in [1.82, 2.24) is 4.31 Å². The van der Waals surface area contributed by atoms with E-state index in [0.29, 0.717) is 28.5 Å². The van der Waals surface area contributed by atoms with Crippen molar-refractivity contribution in [3.05, 3.63) is 101 Å². The molecule has 9 heteroatoms. The maximum absolute atomic E-state index is 13.7. The molecule has 0 bridgehead atoms. The number of hydrogen-bond donors (Lipinski definition) is 2. The van der Waals surface area contributed by atoms with Gasteiger partial charge in [-0.3, -0.25) is 0 Å². The minimum absolute atomic E-state index is 0.0149. The van der Waals surface area contributed by atoms with Crippen molar-refractivity contribution >= 4 is 32.9 Å². The van der Waals surface area contributed by atoms with Gasteiger partial charge in [0.2, 0.25) is 15.8 Å². The van der Waals surface area contributed by atoms with Gasteiger partial charge in [0, 0.05) is 24.0 Å². The van der Waals surface area contributed by atoms with E-state index in [1.807, 2.05) is 30.3 Å². The first-order valence-corrected chi connectivity index (χ1v) is 12.2. The van der Waals surface area contributed by atoms with Crippen molar-refractivity contribution in [3.8, 4) is 0 Å². The van der Waals surface area contributed by atoms with Gasteiger partial charge in [0.05, 0.1) is 10.5 Å². The Bertz CT molecular complexity index is 1490. The Morgan fingerprint density at radius 3 is 2.20 bits per heavy atom. The highest BCUT2D eigenvalue weighted by Gasteiger charge is 2.26. The van der Waals surface area contributed by atoms with E-state index in [1.165, 1.54) is 34.6 Å². The molecule has 0 saturated heterocycles. The van der Waals surface area contributed by atoms with E-state index in [-0.39, 0.29) is 29.3 Å². The third-order valence-corrected chi connectivity index (χ3v) is 7.63. The molecule has 4 aromatic rings. The first-order chi connectivity index (χ1) is 16.7. The van der Waals surface area contributed by atoms with Crippen LogP contribution in [0.2, 0.25) is 0 Å². The fourth-order valence-corrected chi connectivity index (χ4v) is 5.31. The van der Waals surface area contributed by atoms with Crippen LogP contribution in [0.4, 0.5) is 0 Å². The third kappa shape index (κ3) is 5.11. The molecule has 0 saturated carbocycles. The Balaban J connectivity index is 1.70. The van der Waals surface area contributed by atoms with Crippen LogP contribution in [-0.4, -0.2) is 41.4 Å². The lowest BCUT2D eigenvalue weighted by Gasteiger charge is -2.23. The molecule has 0 radical (unpaired) electrons. The second-order valence-electron chi connectivity index (χ2n) is 8.10. The van der Waals surface area contributed by atoms with E-state index in [9.17, 15) is 23.1 Å². The lowest BCUT2D eigenvalue weighted by atomic mass is 10.1. The van der Waals surface area contributed by atoms with Gasteiger partial charge < -0.3 is 14.6 Å². The molecule has 0 spiro atoms. The summed E-state index contributed by atoms with van der Waals surface area (Å²) in [4.78, 5) is 22.6. The normalized spacial score (nSPS) is 11.7. The minimum atomic E-state index is -3.99. The Morgan fingerprint density at radius 1 is 0.886 bits per heavy atom. The number of sulfonamides is 1. The Morgan fingerprint density at radius 2 is 1.57 bits per heavy atom. The van der Waals surface area contributed by atoms with E-state index >= 15 is 0 Å². The summed E-state index contributed by atoms with van der Waals surface area (Å²) in [7, 11) is -3.99. The van der Waals surface area contributed by atoms with Crippen molar-refractivity contribution in [2.24, 2.45) is 0 Å². The average Bonchev–Trinajstić information content (AvgIpc) is 3.18. The summed E-state index contributed by atoms with van der Waals surface area (Å²) in [6.45, 7) is 1.80. The smallest absolute Gasteiger partial charge is 0.372 e. The van der Waals surface area contributed by atoms with Crippen LogP contribution in [0.15, 0.2) is 82.1 Å². The first kappa shape index (κ1) is 24.2. The predicted molar refractivity (Wildman–Crippen MR) is 129 cm³/mol. The molecular weight excluding hydrogens is 470 g/mol. The van der Waals surface area contributed by atoms with Crippen molar-refractivity contribution in [3.63, 3.8) is 0 Å². The highest BCUT2D eigenvalue weighted by atomic mass is 32.2. The molecule has 1 heterocycles. The van der Waals surface area contributed by atoms with Gasteiger partial charge in [0.25, 0.3) is 0 Å². The Hall–Kier alpha value is -3.95. The lowest BCUT2D eigenvalue weighted by molar-refractivity contribution is 0.0661. The standard InChI is InChI=1S/C26H23NO7S/c1-17-22-15-21(11-12-23(22)34-24(17)26(30)31)35(32,33)27(14-13-18-5-3-2-4-6-18)16-19-7-9-20(10-8-19)25(28)29/h2-12,15H,13-14,16H2,1H3,(H,28,29)(H,30,31). The number of fused-ring (bicyclic) bond motifs is 1. The number of nitrogens with zero attached hydrogens (tertiary/aromatic N) is 1. The van der Waals surface area contributed by atoms with Crippen LogP contribution in [0.25, 0.3) is 11.0 Å². The number of hydrogen-bond acceptors (Lipinski definition) is 5. The van der Waals surface area contributed by atoms with Crippen LogP contribution in [0, 0.1) is 6.92 Å². The molecule has 180 valence electrons. The molecule has 0 fully saturated rings. The molecule has 35 heavy (non-hydrogen) atoms. The molecule has 1 aromatic heterocycles. The van der Waals surface area contributed by atoms with Crippen LogP contribution < -0.4 is 0 Å². The number of aromatic carboxylic acids is 2. The average molecular weight is 494 g/mol. The van der Waals surface area contributed by atoms with E-state index in [4.69, 9.17) is 9.52 Å². The summed E-state index contributed by atoms with van der Waals surface area (Å²) in [5.41, 5.74) is 2.37. The monoisotopic (exact) mass is 493 g/mol. The fourth-order valence-electron chi connectivity index (χ4n) is 3.85. The van der Waals surface area contributed by atoms with E-state index in [0.717, 1.165) is 5.56 Å². The van der Waals surface area contributed by atoms with E-state index in [1.54, 1.807) is 19.1 Å². The van der Waals surface area contributed by atoms with Crippen LogP contribution >= 0.6 is 0 Å². The highest BCUT2D eigenvalue weighted by molar-refractivity contribution is 7.89. The van der Waals surface area contributed by atoms with Gasteiger partial charge in [0.1, 0.15) is 5.58 Å². The molecule has 0 unspecified atom stereocenters. The molecule has 0 aliphatic heterocycles. The number of carbonyl (C=O) groups is 2. The second kappa shape index (κ2) is 9.73. The quantitative estimate of drug-likeness (QED) is 0.350. The number of furan rings is 1. The van der Waals surface area contributed by atoms with E-state index < -0.39 is 22.0 Å².